The topological polar surface area (TPSA) is 89.6 Å². The Morgan fingerprint density at radius 3 is 2.94 bits per heavy atom. The number of fused-ring (bicyclic) bond motifs is 1. The SMILES string of the molecule is NC(CC(=O)O)C(=O)c1ccc2c(c1)CCCO2. The van der Waals surface area contributed by atoms with Gasteiger partial charge in [-0.15, -0.1) is 0 Å². The Labute approximate surface area is 105 Å². The molecule has 0 fully saturated rings. The predicted octanol–water partition coefficient (Wildman–Crippen LogP) is 0.996. The van der Waals surface area contributed by atoms with E-state index in [9.17, 15) is 9.59 Å². The number of Topliss-reactive ketones (excluding diaryl/α,β-unsaturated/α-hetero) is 1. The molecule has 1 aromatic rings. The number of carboxylic acids is 1. The third-order valence-corrected chi connectivity index (χ3v) is 2.92. The fraction of sp³-hybridized carbons (Fsp3) is 0.385. The first-order valence-electron chi connectivity index (χ1n) is 5.85. The van der Waals surface area contributed by atoms with Crippen molar-refractivity contribution in [2.75, 3.05) is 6.61 Å². The van der Waals surface area contributed by atoms with Crippen LogP contribution in [0.4, 0.5) is 0 Å². The molecule has 1 aliphatic rings. The maximum absolute atomic E-state index is 11.9. The summed E-state index contributed by atoms with van der Waals surface area (Å²) >= 11 is 0. The summed E-state index contributed by atoms with van der Waals surface area (Å²) in [6.07, 6.45) is 1.43. The van der Waals surface area contributed by atoms with Gasteiger partial charge in [0.1, 0.15) is 5.75 Å². The van der Waals surface area contributed by atoms with E-state index < -0.39 is 12.0 Å². The number of hydrogen-bond acceptors (Lipinski definition) is 4. The van der Waals surface area contributed by atoms with E-state index in [-0.39, 0.29) is 12.2 Å². The Kier molecular flexibility index (Phi) is 3.62. The molecule has 18 heavy (non-hydrogen) atoms. The van der Waals surface area contributed by atoms with Crippen LogP contribution in [-0.2, 0) is 11.2 Å². The highest BCUT2D eigenvalue weighted by atomic mass is 16.5. The van der Waals surface area contributed by atoms with E-state index in [4.69, 9.17) is 15.6 Å². The molecule has 0 saturated carbocycles. The highest BCUT2D eigenvalue weighted by molar-refractivity contribution is 6.01. The van der Waals surface area contributed by atoms with Crippen molar-refractivity contribution < 1.29 is 19.4 Å². The van der Waals surface area contributed by atoms with Crippen LogP contribution < -0.4 is 10.5 Å². The first kappa shape index (κ1) is 12.6. The monoisotopic (exact) mass is 249 g/mol. The molecule has 5 heteroatoms. The zero-order valence-electron chi connectivity index (χ0n) is 9.89. The van der Waals surface area contributed by atoms with Crippen LogP contribution in [0.3, 0.4) is 0 Å². The lowest BCUT2D eigenvalue weighted by Gasteiger charge is -2.18. The van der Waals surface area contributed by atoms with E-state index in [1.54, 1.807) is 18.2 Å². The predicted molar refractivity (Wildman–Crippen MR) is 64.8 cm³/mol. The van der Waals surface area contributed by atoms with Crippen LogP contribution in [0, 0.1) is 0 Å². The summed E-state index contributed by atoms with van der Waals surface area (Å²) in [7, 11) is 0. The molecule has 0 aromatic heterocycles. The van der Waals surface area contributed by atoms with Gasteiger partial charge in [0.05, 0.1) is 19.1 Å². The zero-order valence-corrected chi connectivity index (χ0v) is 9.89. The second kappa shape index (κ2) is 5.18. The Balaban J connectivity index is 2.18. The van der Waals surface area contributed by atoms with Gasteiger partial charge in [0.15, 0.2) is 5.78 Å². The van der Waals surface area contributed by atoms with E-state index in [0.29, 0.717) is 12.2 Å². The van der Waals surface area contributed by atoms with Gasteiger partial charge in [0.2, 0.25) is 0 Å². The number of benzene rings is 1. The molecule has 0 bridgehead atoms. The molecule has 0 saturated heterocycles. The van der Waals surface area contributed by atoms with E-state index in [2.05, 4.69) is 0 Å². The number of rotatable bonds is 4. The number of ether oxygens (including phenoxy) is 1. The number of carboxylic acid groups (broad SMARTS) is 1. The highest BCUT2D eigenvalue weighted by Crippen LogP contribution is 2.26. The van der Waals surface area contributed by atoms with Crippen molar-refractivity contribution in [3.05, 3.63) is 29.3 Å². The van der Waals surface area contributed by atoms with Gasteiger partial charge in [-0.25, -0.2) is 0 Å². The van der Waals surface area contributed by atoms with Crippen molar-refractivity contribution in [2.24, 2.45) is 5.73 Å². The van der Waals surface area contributed by atoms with Gasteiger partial charge in [0.25, 0.3) is 0 Å². The van der Waals surface area contributed by atoms with Crippen LogP contribution in [0.15, 0.2) is 18.2 Å². The standard InChI is InChI=1S/C13H15NO4/c14-10(7-12(15)16)13(17)9-3-4-11-8(6-9)2-1-5-18-11/h3-4,6,10H,1-2,5,7,14H2,(H,15,16). The quantitative estimate of drug-likeness (QED) is 0.777. The van der Waals surface area contributed by atoms with Gasteiger partial charge in [0, 0.05) is 5.56 Å². The third-order valence-electron chi connectivity index (χ3n) is 2.92. The third kappa shape index (κ3) is 2.68. The van der Waals surface area contributed by atoms with Crippen molar-refractivity contribution in [1.82, 2.24) is 0 Å². The van der Waals surface area contributed by atoms with E-state index in [1.807, 2.05) is 0 Å². The van der Waals surface area contributed by atoms with Crippen molar-refractivity contribution in [3.8, 4) is 5.75 Å². The van der Waals surface area contributed by atoms with Crippen LogP contribution >= 0.6 is 0 Å². The molecule has 96 valence electrons. The number of nitrogens with two attached hydrogens (primary N) is 1. The molecule has 1 atom stereocenters. The molecule has 5 nitrogen and oxygen atoms in total. The van der Waals surface area contributed by atoms with Crippen LogP contribution in [-0.4, -0.2) is 29.5 Å². The average molecular weight is 249 g/mol. The largest absolute Gasteiger partial charge is 0.493 e. The van der Waals surface area contributed by atoms with Crippen molar-refractivity contribution in [2.45, 2.75) is 25.3 Å². The number of aliphatic carboxylic acids is 1. The second-order valence-electron chi connectivity index (χ2n) is 4.34. The molecule has 1 heterocycles. The number of carbonyl (C=O) groups is 2. The van der Waals surface area contributed by atoms with Gasteiger partial charge in [-0.3, -0.25) is 9.59 Å². The van der Waals surface area contributed by atoms with Gasteiger partial charge >= 0.3 is 5.97 Å². The molecule has 0 aliphatic carbocycles. The van der Waals surface area contributed by atoms with E-state index >= 15 is 0 Å². The van der Waals surface area contributed by atoms with Crippen LogP contribution in [0.5, 0.6) is 5.75 Å². The molecule has 1 aliphatic heterocycles. The number of aryl methyl sites for hydroxylation is 1. The maximum Gasteiger partial charge on any atom is 0.305 e. The molecule has 1 aromatic carbocycles. The summed E-state index contributed by atoms with van der Waals surface area (Å²) in [6.45, 7) is 0.693. The summed E-state index contributed by atoms with van der Waals surface area (Å²) < 4.78 is 5.45. The van der Waals surface area contributed by atoms with Gasteiger partial charge in [-0.05, 0) is 36.6 Å². The average Bonchev–Trinajstić information content (AvgIpc) is 2.36. The Morgan fingerprint density at radius 2 is 2.22 bits per heavy atom. The summed E-state index contributed by atoms with van der Waals surface area (Å²) in [5, 5.41) is 8.62. The normalized spacial score (nSPS) is 15.4. The van der Waals surface area contributed by atoms with Crippen LogP contribution in [0.25, 0.3) is 0 Å². The summed E-state index contributed by atoms with van der Waals surface area (Å²) in [5.74, 6) is -0.618. The van der Waals surface area contributed by atoms with Gasteiger partial charge < -0.3 is 15.6 Å². The second-order valence-corrected chi connectivity index (χ2v) is 4.34. The molecule has 0 spiro atoms. The summed E-state index contributed by atoms with van der Waals surface area (Å²) in [6, 6.07) is 4.13. The molecular weight excluding hydrogens is 234 g/mol. The fourth-order valence-corrected chi connectivity index (χ4v) is 2.01. The lowest BCUT2D eigenvalue weighted by atomic mass is 9.97. The maximum atomic E-state index is 11.9. The van der Waals surface area contributed by atoms with Gasteiger partial charge in [-0.2, -0.15) is 0 Å². The molecule has 0 radical (unpaired) electrons. The zero-order chi connectivity index (χ0) is 13.1. The minimum atomic E-state index is -1.07. The number of carbonyl (C=O) groups excluding carboxylic acids is 1. The highest BCUT2D eigenvalue weighted by Gasteiger charge is 2.20. The number of ketones is 1. The van der Waals surface area contributed by atoms with Crippen LogP contribution in [0.1, 0.15) is 28.8 Å². The van der Waals surface area contributed by atoms with Gasteiger partial charge in [-0.1, -0.05) is 0 Å². The Bertz CT molecular complexity index is 484. The molecule has 0 amide bonds. The summed E-state index contributed by atoms with van der Waals surface area (Å²) in [4.78, 5) is 22.5. The molecule has 2 rings (SSSR count). The molecular formula is C13H15NO4. The minimum Gasteiger partial charge on any atom is -0.493 e. The van der Waals surface area contributed by atoms with E-state index in [1.165, 1.54) is 0 Å². The van der Waals surface area contributed by atoms with Crippen molar-refractivity contribution in [3.63, 3.8) is 0 Å². The Morgan fingerprint density at radius 1 is 1.44 bits per heavy atom. The number of hydrogen-bond donors (Lipinski definition) is 2. The van der Waals surface area contributed by atoms with Crippen molar-refractivity contribution in [1.29, 1.82) is 0 Å². The fourth-order valence-electron chi connectivity index (χ4n) is 2.01. The van der Waals surface area contributed by atoms with Crippen LogP contribution in [0.2, 0.25) is 0 Å². The lowest BCUT2D eigenvalue weighted by molar-refractivity contribution is -0.137. The lowest BCUT2D eigenvalue weighted by Crippen LogP contribution is -2.33. The Hall–Kier alpha value is -1.88. The first-order chi connectivity index (χ1) is 8.58. The van der Waals surface area contributed by atoms with E-state index in [0.717, 1.165) is 24.2 Å². The summed E-state index contributed by atoms with van der Waals surface area (Å²) in [5.41, 5.74) is 7.00. The van der Waals surface area contributed by atoms with Crippen molar-refractivity contribution >= 4 is 11.8 Å². The molecule has 3 N–H and O–H groups in total. The molecule has 1 unspecified atom stereocenters. The smallest absolute Gasteiger partial charge is 0.305 e. The first-order valence-corrected chi connectivity index (χ1v) is 5.85. The minimum absolute atomic E-state index is 0.342.